The number of fused-ring (bicyclic) bond motifs is 1. The zero-order valence-electron chi connectivity index (χ0n) is 7.93. The number of H-pyrrole nitrogens is 1. The molecule has 0 radical (unpaired) electrons. The molecule has 0 saturated heterocycles. The van der Waals surface area contributed by atoms with Gasteiger partial charge in [-0.3, -0.25) is 0 Å². The van der Waals surface area contributed by atoms with Crippen molar-refractivity contribution in [2.45, 2.75) is 0 Å². The van der Waals surface area contributed by atoms with Crippen LogP contribution in [0.3, 0.4) is 0 Å². The SMILES string of the molecule is c1cc2c(cc1-c1cn[nH]n1)OCCO2. The Morgan fingerprint density at radius 3 is 2.80 bits per heavy atom. The fourth-order valence-corrected chi connectivity index (χ4v) is 1.54. The van der Waals surface area contributed by atoms with E-state index in [0.717, 1.165) is 22.8 Å². The molecule has 1 aliphatic rings. The zero-order chi connectivity index (χ0) is 10.1. The normalized spacial score (nSPS) is 13.9. The number of nitrogens with zero attached hydrogens (tertiary/aromatic N) is 2. The van der Waals surface area contributed by atoms with Crippen LogP contribution in [0.15, 0.2) is 24.4 Å². The van der Waals surface area contributed by atoms with Gasteiger partial charge in [0.2, 0.25) is 0 Å². The van der Waals surface area contributed by atoms with E-state index in [4.69, 9.17) is 9.47 Å². The minimum Gasteiger partial charge on any atom is -0.486 e. The van der Waals surface area contributed by atoms with Crippen molar-refractivity contribution in [3.05, 3.63) is 24.4 Å². The molecule has 0 fully saturated rings. The van der Waals surface area contributed by atoms with Gasteiger partial charge in [0.1, 0.15) is 18.9 Å². The van der Waals surface area contributed by atoms with Crippen LogP contribution < -0.4 is 9.47 Å². The molecule has 5 heteroatoms. The van der Waals surface area contributed by atoms with Gasteiger partial charge < -0.3 is 9.47 Å². The average Bonchev–Trinajstić information content (AvgIpc) is 2.82. The van der Waals surface area contributed by atoms with Crippen LogP contribution in [0.1, 0.15) is 0 Å². The molecule has 0 unspecified atom stereocenters. The Balaban J connectivity index is 2.04. The summed E-state index contributed by atoms with van der Waals surface area (Å²) in [4.78, 5) is 0. The van der Waals surface area contributed by atoms with Gasteiger partial charge in [-0.1, -0.05) is 0 Å². The number of nitrogens with one attached hydrogen (secondary N) is 1. The van der Waals surface area contributed by atoms with Crippen LogP contribution in [0.5, 0.6) is 11.5 Å². The molecule has 2 aromatic rings. The number of ether oxygens (including phenoxy) is 2. The summed E-state index contributed by atoms with van der Waals surface area (Å²) in [7, 11) is 0. The second-order valence-corrected chi connectivity index (χ2v) is 3.21. The summed E-state index contributed by atoms with van der Waals surface area (Å²) < 4.78 is 10.9. The molecular weight excluding hydrogens is 194 g/mol. The first-order valence-electron chi connectivity index (χ1n) is 4.69. The monoisotopic (exact) mass is 203 g/mol. The number of aromatic amines is 1. The van der Waals surface area contributed by atoms with Gasteiger partial charge in [-0.05, 0) is 18.2 Å². The molecule has 5 nitrogen and oxygen atoms in total. The van der Waals surface area contributed by atoms with Crippen molar-refractivity contribution >= 4 is 0 Å². The van der Waals surface area contributed by atoms with Crippen LogP contribution >= 0.6 is 0 Å². The van der Waals surface area contributed by atoms with Gasteiger partial charge in [0.25, 0.3) is 0 Å². The van der Waals surface area contributed by atoms with Crippen LogP contribution in [-0.2, 0) is 0 Å². The van der Waals surface area contributed by atoms with Crippen LogP contribution in [0.25, 0.3) is 11.3 Å². The topological polar surface area (TPSA) is 60.0 Å². The molecule has 1 aromatic carbocycles. The van der Waals surface area contributed by atoms with Crippen LogP contribution in [-0.4, -0.2) is 28.6 Å². The first-order valence-corrected chi connectivity index (χ1v) is 4.69. The lowest BCUT2D eigenvalue weighted by Crippen LogP contribution is -2.15. The first-order chi connectivity index (χ1) is 7.43. The number of hydrogen-bond donors (Lipinski definition) is 1. The summed E-state index contributed by atoms with van der Waals surface area (Å²) in [6.45, 7) is 1.20. The standard InChI is InChI=1S/C10H9N3O2/c1-2-9-10(15-4-3-14-9)5-7(1)8-6-11-13-12-8/h1-2,5-6H,3-4H2,(H,11,12,13). The molecule has 0 saturated carbocycles. The van der Waals surface area contributed by atoms with Crippen molar-refractivity contribution < 1.29 is 9.47 Å². The molecule has 2 heterocycles. The van der Waals surface area contributed by atoms with Gasteiger partial charge in [0, 0.05) is 5.56 Å². The average molecular weight is 203 g/mol. The predicted octanol–water partition coefficient (Wildman–Crippen LogP) is 1.24. The Labute approximate surface area is 86.0 Å². The van der Waals surface area contributed by atoms with Crippen molar-refractivity contribution in [2.24, 2.45) is 0 Å². The fraction of sp³-hybridized carbons (Fsp3) is 0.200. The van der Waals surface area contributed by atoms with E-state index in [2.05, 4.69) is 15.4 Å². The number of hydrogen-bond acceptors (Lipinski definition) is 4. The van der Waals surface area contributed by atoms with Crippen molar-refractivity contribution in [1.82, 2.24) is 15.4 Å². The zero-order valence-corrected chi connectivity index (χ0v) is 7.93. The lowest BCUT2D eigenvalue weighted by atomic mass is 10.1. The molecule has 1 N–H and O–H groups in total. The molecule has 3 rings (SSSR count). The first kappa shape index (κ1) is 8.28. The van der Waals surface area contributed by atoms with E-state index in [9.17, 15) is 0 Å². The molecule has 0 spiro atoms. The maximum absolute atomic E-state index is 5.48. The van der Waals surface area contributed by atoms with Crippen molar-refractivity contribution in [1.29, 1.82) is 0 Å². The van der Waals surface area contributed by atoms with E-state index in [1.54, 1.807) is 6.20 Å². The predicted molar refractivity (Wildman–Crippen MR) is 52.8 cm³/mol. The Morgan fingerprint density at radius 2 is 2.00 bits per heavy atom. The summed E-state index contributed by atoms with van der Waals surface area (Å²) in [5.74, 6) is 1.55. The number of aromatic nitrogens is 3. The largest absolute Gasteiger partial charge is 0.486 e. The Morgan fingerprint density at radius 1 is 1.13 bits per heavy atom. The maximum Gasteiger partial charge on any atom is 0.162 e. The molecule has 0 aliphatic carbocycles. The van der Waals surface area contributed by atoms with Gasteiger partial charge in [0.05, 0.1) is 6.20 Å². The highest BCUT2D eigenvalue weighted by molar-refractivity contribution is 5.63. The quantitative estimate of drug-likeness (QED) is 0.757. The second-order valence-electron chi connectivity index (χ2n) is 3.21. The molecule has 15 heavy (non-hydrogen) atoms. The number of benzene rings is 1. The summed E-state index contributed by atoms with van der Waals surface area (Å²) >= 11 is 0. The highest BCUT2D eigenvalue weighted by Crippen LogP contribution is 2.33. The van der Waals surface area contributed by atoms with Gasteiger partial charge >= 0.3 is 0 Å². The van der Waals surface area contributed by atoms with E-state index < -0.39 is 0 Å². The van der Waals surface area contributed by atoms with Crippen molar-refractivity contribution in [2.75, 3.05) is 13.2 Å². The number of rotatable bonds is 1. The Bertz CT molecular complexity index is 468. The van der Waals surface area contributed by atoms with Gasteiger partial charge in [-0.25, -0.2) is 0 Å². The van der Waals surface area contributed by atoms with Crippen LogP contribution in [0.2, 0.25) is 0 Å². The third kappa shape index (κ3) is 1.41. The van der Waals surface area contributed by atoms with Crippen molar-refractivity contribution in [3.63, 3.8) is 0 Å². The summed E-state index contributed by atoms with van der Waals surface area (Å²) in [5.41, 5.74) is 1.76. The second kappa shape index (κ2) is 3.27. The van der Waals surface area contributed by atoms with Gasteiger partial charge in [-0.2, -0.15) is 15.4 Å². The summed E-state index contributed by atoms with van der Waals surface area (Å²) in [5, 5.41) is 10.3. The molecule has 0 amide bonds. The lowest BCUT2D eigenvalue weighted by molar-refractivity contribution is 0.171. The summed E-state index contributed by atoms with van der Waals surface area (Å²) in [6.07, 6.45) is 1.67. The highest BCUT2D eigenvalue weighted by Gasteiger charge is 2.12. The van der Waals surface area contributed by atoms with Gasteiger partial charge in [-0.15, -0.1) is 0 Å². The smallest absolute Gasteiger partial charge is 0.162 e. The molecule has 76 valence electrons. The Kier molecular flexibility index (Phi) is 1.81. The third-order valence-corrected chi connectivity index (χ3v) is 2.25. The van der Waals surface area contributed by atoms with Crippen LogP contribution in [0.4, 0.5) is 0 Å². The molecule has 0 bridgehead atoms. The van der Waals surface area contributed by atoms with Gasteiger partial charge in [0.15, 0.2) is 11.5 Å². The highest BCUT2D eigenvalue weighted by atomic mass is 16.6. The van der Waals surface area contributed by atoms with E-state index >= 15 is 0 Å². The minimum absolute atomic E-state index is 0.593. The van der Waals surface area contributed by atoms with Crippen LogP contribution in [0, 0.1) is 0 Å². The van der Waals surface area contributed by atoms with E-state index in [0.29, 0.717) is 13.2 Å². The van der Waals surface area contributed by atoms with E-state index in [1.165, 1.54) is 0 Å². The van der Waals surface area contributed by atoms with Crippen molar-refractivity contribution in [3.8, 4) is 22.8 Å². The van der Waals surface area contributed by atoms with E-state index in [1.807, 2.05) is 18.2 Å². The Hall–Kier alpha value is -2.04. The fourth-order valence-electron chi connectivity index (χ4n) is 1.54. The molecule has 1 aromatic heterocycles. The minimum atomic E-state index is 0.593. The summed E-state index contributed by atoms with van der Waals surface area (Å²) in [6, 6.07) is 5.73. The molecular formula is C10H9N3O2. The maximum atomic E-state index is 5.48. The molecule has 0 atom stereocenters. The third-order valence-electron chi connectivity index (χ3n) is 2.25. The lowest BCUT2D eigenvalue weighted by Gasteiger charge is -2.18. The van der Waals surface area contributed by atoms with E-state index in [-0.39, 0.29) is 0 Å². The molecule has 1 aliphatic heterocycles.